The lowest BCUT2D eigenvalue weighted by Gasteiger charge is -2.34. The lowest BCUT2D eigenvalue weighted by Crippen LogP contribution is -2.51. The minimum absolute atomic E-state index is 0.00319. The Kier molecular flexibility index (Phi) is 10.3. The molecule has 66 heavy (non-hydrogen) atoms. The molecule has 3 amide bonds. The highest BCUT2D eigenvalue weighted by Crippen LogP contribution is 2.47. The van der Waals surface area contributed by atoms with E-state index in [9.17, 15) is 19.5 Å². The average Bonchev–Trinajstić information content (AvgIpc) is 3.88. The van der Waals surface area contributed by atoms with Gasteiger partial charge in [0.05, 0.1) is 34.7 Å². The minimum atomic E-state index is -0.761. The van der Waals surface area contributed by atoms with Gasteiger partial charge in [-0.15, -0.1) is 6.42 Å². The highest BCUT2D eigenvalue weighted by atomic mass is 19.1. The molecule has 0 spiro atoms. The second kappa shape index (κ2) is 16.3. The minimum Gasteiger partial charge on any atom is -0.508 e. The van der Waals surface area contributed by atoms with Crippen molar-refractivity contribution in [3.8, 4) is 35.4 Å². The van der Waals surface area contributed by atoms with E-state index in [1.54, 1.807) is 11.7 Å². The van der Waals surface area contributed by atoms with Crippen molar-refractivity contribution in [1.82, 2.24) is 40.3 Å². The summed E-state index contributed by atoms with van der Waals surface area (Å²) in [6, 6.07) is 11.7. The number of fused-ring (bicyclic) bond motifs is 5. The number of piperazine rings is 1. The van der Waals surface area contributed by atoms with Crippen molar-refractivity contribution in [2.24, 2.45) is 18.4 Å². The largest absolute Gasteiger partial charge is 0.508 e. The Hall–Kier alpha value is -6.77. The van der Waals surface area contributed by atoms with Crippen LogP contribution in [0.5, 0.6) is 11.8 Å². The van der Waals surface area contributed by atoms with Crippen molar-refractivity contribution in [1.29, 1.82) is 0 Å². The van der Waals surface area contributed by atoms with E-state index in [0.717, 1.165) is 56.2 Å². The van der Waals surface area contributed by atoms with Crippen LogP contribution in [-0.2, 0) is 21.4 Å². The van der Waals surface area contributed by atoms with Crippen LogP contribution in [0.15, 0.2) is 48.7 Å². The number of piperidine rings is 2. The molecule has 3 unspecified atom stereocenters. The lowest BCUT2D eigenvalue weighted by atomic mass is 9.92. The number of imide groups is 1. The van der Waals surface area contributed by atoms with E-state index in [1.165, 1.54) is 30.5 Å². The number of anilines is 2. The normalized spacial score (nSPS) is 21.9. The molecule has 3 aromatic heterocycles. The van der Waals surface area contributed by atoms with Gasteiger partial charge in [-0.25, -0.2) is 8.78 Å². The van der Waals surface area contributed by atoms with E-state index in [2.05, 4.69) is 46.7 Å². The van der Waals surface area contributed by atoms with Crippen LogP contribution in [0, 0.1) is 35.3 Å². The second-order valence-corrected chi connectivity index (χ2v) is 18.8. The molecule has 5 aliphatic rings. The third kappa shape index (κ3) is 7.61. The summed E-state index contributed by atoms with van der Waals surface area (Å²) < 4.78 is 40.2. The van der Waals surface area contributed by atoms with Crippen molar-refractivity contribution in [2.75, 3.05) is 49.5 Å². The number of likely N-dealkylation sites (tertiary alicyclic amines) is 1. The smallest absolute Gasteiger partial charge is 0.319 e. The van der Waals surface area contributed by atoms with Gasteiger partial charge in [-0.05, 0) is 99.8 Å². The summed E-state index contributed by atoms with van der Waals surface area (Å²) in [6.45, 7) is 3.95. The number of pyridine rings is 1. The molecule has 4 saturated heterocycles. The molecule has 4 N–H and O–H groups in total. The number of carbonyl (C=O) groups excluding carboxylic acids is 3. The molecule has 6 aromatic rings. The molecule has 5 fully saturated rings. The third-order valence-electron chi connectivity index (χ3n) is 14.3. The molecule has 3 aromatic carbocycles. The summed E-state index contributed by atoms with van der Waals surface area (Å²) in [7, 11) is 1.80. The van der Waals surface area contributed by atoms with Crippen LogP contribution in [0.25, 0.3) is 43.8 Å². The van der Waals surface area contributed by atoms with E-state index in [1.807, 2.05) is 18.2 Å². The number of halogens is 2. The number of phenolic OH excluding ortho intramolecular Hbond substituents is 1. The average molecular weight is 895 g/mol. The monoisotopic (exact) mass is 894 g/mol. The fraction of sp³-hybridized carbons (Fsp3) is 0.408. The molecule has 338 valence electrons. The van der Waals surface area contributed by atoms with E-state index in [0.29, 0.717) is 66.9 Å². The van der Waals surface area contributed by atoms with Gasteiger partial charge in [0.25, 0.3) is 0 Å². The summed E-state index contributed by atoms with van der Waals surface area (Å²) in [5, 5.41) is 26.4. The maximum Gasteiger partial charge on any atom is 0.319 e. The number of amides is 3. The Labute approximate surface area is 378 Å². The van der Waals surface area contributed by atoms with Crippen LogP contribution in [0.4, 0.5) is 20.3 Å². The van der Waals surface area contributed by atoms with E-state index in [4.69, 9.17) is 16.1 Å². The molecule has 1 aliphatic carbocycles. The van der Waals surface area contributed by atoms with Gasteiger partial charge in [0, 0.05) is 84.7 Å². The summed E-state index contributed by atoms with van der Waals surface area (Å²) in [5.41, 5.74) is 1.87. The molecule has 17 heteroatoms. The predicted molar refractivity (Wildman–Crippen MR) is 243 cm³/mol. The van der Waals surface area contributed by atoms with Crippen molar-refractivity contribution in [2.45, 2.75) is 69.4 Å². The Morgan fingerprint density at radius 3 is 2.55 bits per heavy atom. The Balaban J connectivity index is 0.788. The van der Waals surface area contributed by atoms with Crippen LogP contribution in [0.3, 0.4) is 0 Å². The molecule has 15 nitrogen and oxygen atoms in total. The first-order valence-electron chi connectivity index (χ1n) is 22.7. The molecular weight excluding hydrogens is 847 g/mol. The number of carbonyl (C=O) groups is 3. The molecular formula is C49H48F2N10O5. The first-order valence-corrected chi connectivity index (χ1v) is 22.7. The SMILES string of the molecule is C#Cc1c(F)ccc2cc(O)cc(-c3ncc4c(N5CC6CCC(C5)N6)nc(OCC5(CN6CCC(C(=O)Nc7ccc8c(C9CCC(=O)NC9=O)nn(C)c8c7)CC6)CC5)nc4c3F)c12. The number of terminal acetylenes is 1. The van der Waals surface area contributed by atoms with Crippen LogP contribution in [0.1, 0.15) is 68.5 Å². The van der Waals surface area contributed by atoms with Crippen molar-refractivity contribution in [3.05, 3.63) is 71.6 Å². The first-order chi connectivity index (χ1) is 31.9. The van der Waals surface area contributed by atoms with Gasteiger partial charge in [-0.1, -0.05) is 12.0 Å². The number of hydrogen-bond donors (Lipinski definition) is 4. The van der Waals surface area contributed by atoms with Gasteiger partial charge < -0.3 is 30.3 Å². The van der Waals surface area contributed by atoms with Crippen LogP contribution in [-0.4, -0.2) is 104 Å². The topological polar surface area (TPSA) is 180 Å². The fourth-order valence-electron chi connectivity index (χ4n) is 10.6. The number of aryl methyl sites for hydroxylation is 1. The highest BCUT2D eigenvalue weighted by Gasteiger charge is 2.46. The number of aromatic hydroxyl groups is 1. The predicted octanol–water partition coefficient (Wildman–Crippen LogP) is 5.67. The highest BCUT2D eigenvalue weighted by molar-refractivity contribution is 6.04. The van der Waals surface area contributed by atoms with E-state index in [-0.39, 0.29) is 87.0 Å². The van der Waals surface area contributed by atoms with E-state index < -0.39 is 17.6 Å². The third-order valence-corrected chi connectivity index (χ3v) is 14.3. The molecule has 2 bridgehead atoms. The van der Waals surface area contributed by atoms with Gasteiger partial charge >= 0.3 is 6.01 Å². The number of aromatic nitrogens is 5. The zero-order chi connectivity index (χ0) is 45.4. The lowest BCUT2D eigenvalue weighted by molar-refractivity contribution is -0.134. The molecule has 3 atom stereocenters. The molecule has 11 rings (SSSR count). The van der Waals surface area contributed by atoms with Crippen molar-refractivity contribution < 1.29 is 33.0 Å². The number of nitrogens with one attached hydrogen (secondary N) is 3. The number of benzene rings is 3. The number of ether oxygens (including phenoxy) is 1. The van der Waals surface area contributed by atoms with Crippen molar-refractivity contribution >= 4 is 61.8 Å². The van der Waals surface area contributed by atoms with Gasteiger partial charge in [-0.3, -0.25) is 29.4 Å². The van der Waals surface area contributed by atoms with Crippen LogP contribution >= 0.6 is 0 Å². The summed E-state index contributed by atoms with van der Waals surface area (Å²) in [5.74, 6) is 0.0434. The standard InChI is InChI=1S/C49H48F2N10O5/c1-3-32-37(50)10-4-27-18-31(62)20-35(40(27)32)43-41(51)44-36(21-52-43)45(61-22-29-5-6-30(23-61)53-29)57-48(56-44)66-25-49(14-15-49)24-60-16-12-26(13-17-60)46(64)54-28-7-8-33-38(19-28)59(2)58-42(33)34-9-11-39(63)55-47(34)65/h1,4,7-8,10,18-21,26,29-30,34,53,62H,5-6,9,11-17,22-25H2,2H3,(H,54,64)(H,55,63,65). The van der Waals surface area contributed by atoms with Crippen molar-refractivity contribution in [3.63, 3.8) is 0 Å². The molecule has 4 aliphatic heterocycles. The second-order valence-electron chi connectivity index (χ2n) is 18.8. The first kappa shape index (κ1) is 41.9. The van der Waals surface area contributed by atoms with Gasteiger partial charge in [0.2, 0.25) is 17.7 Å². The quantitative estimate of drug-likeness (QED) is 0.0981. The summed E-state index contributed by atoms with van der Waals surface area (Å²) in [6.07, 6.45) is 13.3. The maximum atomic E-state index is 17.1. The zero-order valence-corrected chi connectivity index (χ0v) is 36.4. The van der Waals surface area contributed by atoms with E-state index >= 15 is 8.78 Å². The number of nitrogens with zero attached hydrogens (tertiary/aromatic N) is 7. The Morgan fingerprint density at radius 2 is 1.80 bits per heavy atom. The molecule has 0 radical (unpaired) electrons. The van der Waals surface area contributed by atoms with Gasteiger partial charge in [-0.2, -0.15) is 15.1 Å². The van der Waals surface area contributed by atoms with Crippen LogP contribution < -0.4 is 25.6 Å². The Morgan fingerprint density at radius 1 is 1.02 bits per heavy atom. The zero-order valence-electron chi connectivity index (χ0n) is 36.4. The van der Waals surface area contributed by atoms with Gasteiger partial charge in [0.15, 0.2) is 5.82 Å². The van der Waals surface area contributed by atoms with Crippen LogP contribution in [0.2, 0.25) is 0 Å². The maximum absolute atomic E-state index is 17.1. The number of rotatable bonds is 10. The summed E-state index contributed by atoms with van der Waals surface area (Å²) >= 11 is 0. The molecule has 7 heterocycles. The number of phenols is 1. The summed E-state index contributed by atoms with van der Waals surface area (Å²) in [4.78, 5) is 56.5. The number of hydrogen-bond acceptors (Lipinski definition) is 12. The Bertz CT molecular complexity index is 3040. The fourth-order valence-corrected chi connectivity index (χ4v) is 10.6. The van der Waals surface area contributed by atoms with Gasteiger partial charge in [0.1, 0.15) is 28.6 Å². The molecule has 1 saturated carbocycles.